The number of carbonyl (C=O) groups excluding carboxylic acids is 1. The summed E-state index contributed by atoms with van der Waals surface area (Å²) in [4.78, 5) is 25.3. The summed E-state index contributed by atoms with van der Waals surface area (Å²) < 4.78 is 16.6. The van der Waals surface area contributed by atoms with E-state index in [2.05, 4.69) is 0 Å². The third kappa shape index (κ3) is 3.14. The third-order valence-corrected chi connectivity index (χ3v) is 3.94. The van der Waals surface area contributed by atoms with Gasteiger partial charge in [0.15, 0.2) is 11.5 Å². The fourth-order valence-electron chi connectivity index (χ4n) is 3.18. The molecule has 2 aliphatic rings. The second-order valence-electron chi connectivity index (χ2n) is 6.64. The minimum atomic E-state index is -0.569. The lowest BCUT2D eigenvalue weighted by Crippen LogP contribution is -2.53. The van der Waals surface area contributed by atoms with Gasteiger partial charge in [0, 0.05) is 19.2 Å². The summed E-state index contributed by atoms with van der Waals surface area (Å²) in [6, 6.07) is 2.67. The molecule has 3 rings (SSSR count). The fraction of sp³-hybridized carbons (Fsp3) is 0.562. The van der Waals surface area contributed by atoms with Crippen LogP contribution in [0, 0.1) is 10.1 Å². The van der Waals surface area contributed by atoms with Crippen LogP contribution in [0.2, 0.25) is 0 Å². The minimum absolute atomic E-state index is 0.00847. The summed E-state index contributed by atoms with van der Waals surface area (Å²) in [6.45, 7) is 7.07. The highest BCUT2D eigenvalue weighted by Crippen LogP contribution is 2.37. The average molecular weight is 336 g/mol. The number of hydrogen-bond donors (Lipinski definition) is 0. The molecule has 0 N–H and O–H groups in total. The molecule has 0 bridgehead atoms. The molecular weight excluding hydrogens is 316 g/mol. The predicted octanol–water partition coefficient (Wildman–Crippen LogP) is 2.01. The van der Waals surface area contributed by atoms with E-state index in [0.717, 1.165) is 0 Å². The topological polar surface area (TPSA) is 91.1 Å². The van der Waals surface area contributed by atoms with Crippen molar-refractivity contribution < 1.29 is 23.9 Å². The quantitative estimate of drug-likeness (QED) is 0.606. The van der Waals surface area contributed by atoms with Crippen LogP contribution in [0.4, 0.5) is 5.69 Å². The third-order valence-electron chi connectivity index (χ3n) is 3.94. The maximum Gasteiger partial charge on any atom is 0.286 e. The monoisotopic (exact) mass is 336 g/mol. The van der Waals surface area contributed by atoms with Crippen LogP contribution in [-0.2, 0) is 4.74 Å². The standard InChI is InChI=1S/C16H20N2O6/c1-10-8-17(9-16(2,3)24-10)15(19)11-6-13-14(23-5-4-22-13)7-12(11)18(20)21/h6-7,10H,4-5,8-9H2,1-3H3/t10-/m0/s1. The predicted molar refractivity (Wildman–Crippen MR) is 84.6 cm³/mol. The lowest BCUT2D eigenvalue weighted by atomic mass is 10.0. The Morgan fingerprint density at radius 1 is 1.29 bits per heavy atom. The van der Waals surface area contributed by atoms with Gasteiger partial charge in [-0.05, 0) is 20.8 Å². The van der Waals surface area contributed by atoms with Crippen LogP contribution in [0.15, 0.2) is 12.1 Å². The highest BCUT2D eigenvalue weighted by molar-refractivity contribution is 5.99. The largest absolute Gasteiger partial charge is 0.486 e. The number of benzene rings is 1. The summed E-state index contributed by atoms with van der Waals surface area (Å²) in [5.74, 6) is 0.248. The van der Waals surface area contributed by atoms with Gasteiger partial charge in [-0.3, -0.25) is 14.9 Å². The molecule has 0 aromatic heterocycles. The molecule has 0 radical (unpaired) electrons. The summed E-state index contributed by atoms with van der Waals surface area (Å²) in [7, 11) is 0. The van der Waals surface area contributed by atoms with Gasteiger partial charge in [-0.2, -0.15) is 0 Å². The van der Waals surface area contributed by atoms with Crippen LogP contribution >= 0.6 is 0 Å². The Hall–Kier alpha value is -2.35. The van der Waals surface area contributed by atoms with E-state index in [9.17, 15) is 14.9 Å². The number of hydrogen-bond acceptors (Lipinski definition) is 6. The molecule has 0 unspecified atom stereocenters. The first-order valence-corrected chi connectivity index (χ1v) is 7.82. The van der Waals surface area contributed by atoms with Crippen molar-refractivity contribution in [2.24, 2.45) is 0 Å². The Morgan fingerprint density at radius 3 is 2.50 bits per heavy atom. The Morgan fingerprint density at radius 2 is 1.92 bits per heavy atom. The maximum absolute atomic E-state index is 12.9. The van der Waals surface area contributed by atoms with Crippen molar-refractivity contribution in [3.63, 3.8) is 0 Å². The van der Waals surface area contributed by atoms with E-state index in [1.54, 1.807) is 4.90 Å². The number of nitro groups is 1. The number of nitro benzene ring substituents is 1. The van der Waals surface area contributed by atoms with Crippen molar-refractivity contribution >= 4 is 11.6 Å². The first kappa shape index (κ1) is 16.5. The number of carbonyl (C=O) groups is 1. The van der Waals surface area contributed by atoms with Crippen LogP contribution in [0.3, 0.4) is 0 Å². The lowest BCUT2D eigenvalue weighted by molar-refractivity contribution is -0.385. The highest BCUT2D eigenvalue weighted by Gasteiger charge is 2.37. The molecule has 0 aliphatic carbocycles. The van der Waals surface area contributed by atoms with Gasteiger partial charge < -0.3 is 19.1 Å². The summed E-state index contributed by atoms with van der Waals surface area (Å²) in [5, 5.41) is 11.4. The Labute approximate surface area is 139 Å². The number of fused-ring (bicyclic) bond motifs is 1. The molecule has 2 aliphatic heterocycles. The molecule has 1 saturated heterocycles. The SMILES string of the molecule is C[C@H]1CN(C(=O)c2cc3c(cc2[N+](=O)[O-])OCCO3)CC(C)(C)O1. The van der Waals surface area contributed by atoms with Crippen molar-refractivity contribution in [1.82, 2.24) is 4.90 Å². The van der Waals surface area contributed by atoms with Crippen LogP contribution in [0.25, 0.3) is 0 Å². The van der Waals surface area contributed by atoms with Crippen molar-refractivity contribution in [1.29, 1.82) is 0 Å². The van der Waals surface area contributed by atoms with E-state index in [1.807, 2.05) is 20.8 Å². The molecule has 8 heteroatoms. The Kier molecular flexibility index (Phi) is 4.08. The molecule has 8 nitrogen and oxygen atoms in total. The van der Waals surface area contributed by atoms with E-state index >= 15 is 0 Å². The molecule has 130 valence electrons. The average Bonchev–Trinajstić information content (AvgIpc) is 2.50. The molecule has 2 heterocycles. The van der Waals surface area contributed by atoms with Gasteiger partial charge in [-0.1, -0.05) is 0 Å². The number of morpholine rings is 1. The van der Waals surface area contributed by atoms with E-state index in [4.69, 9.17) is 14.2 Å². The van der Waals surface area contributed by atoms with Crippen LogP contribution < -0.4 is 9.47 Å². The Balaban J connectivity index is 1.98. The maximum atomic E-state index is 12.9. The molecule has 1 amide bonds. The first-order chi connectivity index (χ1) is 11.3. The molecule has 0 spiro atoms. The van der Waals surface area contributed by atoms with Gasteiger partial charge in [-0.15, -0.1) is 0 Å². The zero-order valence-electron chi connectivity index (χ0n) is 13.9. The molecule has 1 aromatic carbocycles. The van der Waals surface area contributed by atoms with Crippen LogP contribution in [-0.4, -0.2) is 53.7 Å². The zero-order valence-corrected chi connectivity index (χ0v) is 13.9. The van der Waals surface area contributed by atoms with Crippen LogP contribution in [0.1, 0.15) is 31.1 Å². The second kappa shape index (κ2) is 5.94. The van der Waals surface area contributed by atoms with Crippen LogP contribution in [0.5, 0.6) is 11.5 Å². The van der Waals surface area contributed by atoms with Gasteiger partial charge in [0.25, 0.3) is 11.6 Å². The normalized spacial score (nSPS) is 22.1. The molecular formula is C16H20N2O6. The first-order valence-electron chi connectivity index (χ1n) is 7.82. The number of amides is 1. The summed E-state index contributed by atoms with van der Waals surface area (Å²) in [6.07, 6.45) is -0.144. The van der Waals surface area contributed by atoms with Gasteiger partial charge in [-0.25, -0.2) is 0 Å². The highest BCUT2D eigenvalue weighted by atomic mass is 16.6. The Bertz CT molecular complexity index is 687. The van der Waals surface area contributed by atoms with Gasteiger partial charge in [0.2, 0.25) is 0 Å². The molecule has 1 atom stereocenters. The van der Waals surface area contributed by atoms with Crippen molar-refractivity contribution in [3.8, 4) is 11.5 Å². The second-order valence-corrected chi connectivity index (χ2v) is 6.64. The molecule has 0 saturated carbocycles. The summed E-state index contributed by atoms with van der Waals surface area (Å²) in [5.41, 5.74) is -0.772. The van der Waals surface area contributed by atoms with Crippen molar-refractivity contribution in [3.05, 3.63) is 27.8 Å². The molecule has 1 fully saturated rings. The van der Waals surface area contributed by atoms with Gasteiger partial charge in [0.1, 0.15) is 18.8 Å². The van der Waals surface area contributed by atoms with E-state index in [0.29, 0.717) is 37.8 Å². The lowest BCUT2D eigenvalue weighted by Gasteiger charge is -2.41. The number of nitrogens with zero attached hydrogens (tertiary/aromatic N) is 2. The molecule has 1 aromatic rings. The van der Waals surface area contributed by atoms with Gasteiger partial charge >= 0.3 is 0 Å². The number of ether oxygens (including phenoxy) is 3. The van der Waals surface area contributed by atoms with Gasteiger partial charge in [0.05, 0.1) is 22.7 Å². The van der Waals surface area contributed by atoms with E-state index < -0.39 is 16.4 Å². The molecule has 24 heavy (non-hydrogen) atoms. The minimum Gasteiger partial charge on any atom is -0.486 e. The van der Waals surface area contributed by atoms with Crippen molar-refractivity contribution in [2.45, 2.75) is 32.5 Å². The van der Waals surface area contributed by atoms with E-state index in [-0.39, 0.29) is 17.4 Å². The zero-order chi connectivity index (χ0) is 17.5. The fourth-order valence-corrected chi connectivity index (χ4v) is 3.18. The smallest absolute Gasteiger partial charge is 0.286 e. The number of rotatable bonds is 2. The van der Waals surface area contributed by atoms with Crippen molar-refractivity contribution in [2.75, 3.05) is 26.3 Å². The van der Waals surface area contributed by atoms with E-state index in [1.165, 1.54) is 12.1 Å². The summed E-state index contributed by atoms with van der Waals surface area (Å²) >= 11 is 0.